The molecule has 15 nitrogen and oxygen atoms in total. The second-order valence-electron chi connectivity index (χ2n) is 32.6. The highest BCUT2D eigenvalue weighted by Gasteiger charge is 2.56. The smallest absolute Gasteiger partial charge is 0.335 e. The number of benzene rings is 2. The lowest BCUT2D eigenvalue weighted by Gasteiger charge is -2.48. The van der Waals surface area contributed by atoms with Gasteiger partial charge in [-0.1, -0.05) is 107 Å². The summed E-state index contributed by atoms with van der Waals surface area (Å²) in [5.41, 5.74) is 8.53. The summed E-state index contributed by atoms with van der Waals surface area (Å²) in [5, 5.41) is 12.2. The van der Waals surface area contributed by atoms with Gasteiger partial charge in [0, 0.05) is 30.5 Å². The first-order valence-electron chi connectivity index (χ1n) is 32.9. The van der Waals surface area contributed by atoms with E-state index in [0.717, 1.165) is 125 Å². The van der Waals surface area contributed by atoms with Crippen LogP contribution in [0.2, 0.25) is 0 Å². The molecule has 2 atom stereocenters. The molecular weight excluding hydrogens is 1130 g/mol. The number of rotatable bonds is 17. The number of aliphatic imine (C=N–C) groups is 2. The lowest BCUT2D eigenvalue weighted by atomic mass is 9.69. The number of nitrogens with zero attached hydrogens (tertiary/aromatic N) is 4. The number of carboxylic acids is 1. The average molecular weight is 1240 g/mol. The predicted molar refractivity (Wildman–Crippen MR) is 355 cm³/mol. The second-order valence-corrected chi connectivity index (χ2v) is 32.6. The molecule has 3 amide bonds. The molecule has 2 aliphatic heterocycles. The van der Waals surface area contributed by atoms with Crippen LogP contribution in [0.5, 0.6) is 0 Å². The number of amides is 3. The van der Waals surface area contributed by atoms with Gasteiger partial charge in [-0.15, -0.1) is 12.4 Å². The molecule has 2 aromatic carbocycles. The third-order valence-electron chi connectivity index (χ3n) is 18.2. The molecule has 6 aliphatic rings. The molecule has 0 aromatic heterocycles. The molecule has 2 spiro atoms. The fourth-order valence-electron chi connectivity index (χ4n) is 13.0. The summed E-state index contributed by atoms with van der Waals surface area (Å²) in [7, 11) is 0. The average Bonchev–Trinajstić information content (AvgIpc) is 1.76. The number of carbonyl (C=O) groups is 6. The van der Waals surface area contributed by atoms with Gasteiger partial charge in [0.05, 0.1) is 30.5 Å². The fourth-order valence-corrected chi connectivity index (χ4v) is 13.0. The summed E-state index contributed by atoms with van der Waals surface area (Å²) in [6.07, 6.45) is 16.2. The first-order chi connectivity index (χ1) is 40.1. The summed E-state index contributed by atoms with van der Waals surface area (Å²) in [6.45, 7) is 38.9. The molecule has 88 heavy (non-hydrogen) atoms. The first kappa shape index (κ1) is 73.6. The van der Waals surface area contributed by atoms with Gasteiger partial charge in [-0.05, 0) is 213 Å². The second kappa shape index (κ2) is 29.0. The van der Waals surface area contributed by atoms with E-state index in [0.29, 0.717) is 42.2 Å². The Bertz CT molecular complexity index is 2780. The van der Waals surface area contributed by atoms with Crippen LogP contribution >= 0.6 is 12.4 Å². The van der Waals surface area contributed by atoms with E-state index in [1.807, 2.05) is 77.9 Å². The molecule has 492 valence electrons. The van der Waals surface area contributed by atoms with Gasteiger partial charge in [-0.3, -0.25) is 34.0 Å². The maximum Gasteiger partial charge on any atom is 0.335 e. The molecule has 0 bridgehead atoms. The van der Waals surface area contributed by atoms with Crippen molar-refractivity contribution in [3.05, 3.63) is 70.8 Å². The van der Waals surface area contributed by atoms with Crippen LogP contribution in [-0.2, 0) is 28.7 Å². The van der Waals surface area contributed by atoms with Gasteiger partial charge in [0.25, 0.3) is 17.7 Å². The number of nitrogens with two attached hydrogens (primary N) is 1. The van der Waals surface area contributed by atoms with Crippen molar-refractivity contribution in [2.45, 2.75) is 275 Å². The van der Waals surface area contributed by atoms with Crippen LogP contribution in [0.3, 0.4) is 0 Å². The van der Waals surface area contributed by atoms with Crippen molar-refractivity contribution < 1.29 is 43.3 Å². The Labute approximate surface area is 535 Å². The van der Waals surface area contributed by atoms with Crippen LogP contribution in [0.4, 0.5) is 0 Å². The molecule has 4 aliphatic carbocycles. The van der Waals surface area contributed by atoms with Gasteiger partial charge in [-0.2, -0.15) is 0 Å². The largest absolute Gasteiger partial charge is 0.478 e. The molecule has 8 rings (SSSR count). The lowest BCUT2D eigenvalue weighted by molar-refractivity contribution is -0.155. The topological polar surface area (TPSA) is 210 Å². The van der Waals surface area contributed by atoms with E-state index in [-0.39, 0.29) is 99.9 Å². The fraction of sp³-hybridized carbons (Fsp3) is 0.722. The van der Waals surface area contributed by atoms with Crippen molar-refractivity contribution in [3.63, 3.8) is 0 Å². The minimum absolute atomic E-state index is 0. The molecule has 2 aromatic rings. The number of ether oxygens (including phenoxy) is 2. The highest BCUT2D eigenvalue weighted by molar-refractivity contribution is 6.42. The minimum atomic E-state index is -0.925. The van der Waals surface area contributed by atoms with Gasteiger partial charge in [-0.25, -0.2) is 4.79 Å². The Balaban J connectivity index is 0.000000279. The summed E-state index contributed by atoms with van der Waals surface area (Å²) in [6, 6.07) is 14.7. The van der Waals surface area contributed by atoms with E-state index in [4.69, 9.17) is 25.2 Å². The molecule has 4 N–H and O–H groups in total. The maximum absolute atomic E-state index is 14.2. The first-order valence-corrected chi connectivity index (χ1v) is 32.9. The highest BCUT2D eigenvalue weighted by Crippen LogP contribution is 2.54. The van der Waals surface area contributed by atoms with Gasteiger partial charge >= 0.3 is 17.9 Å². The van der Waals surface area contributed by atoms with Crippen LogP contribution in [-0.4, -0.2) is 97.6 Å². The SMILES string of the molecule is CC(C)(C)CC[C@H](c1ccc(C(=O)NCCC(=O)OC(C)(C)C)cc1)N1C(=O)C(C2CC2)=NC12CCC(C(C)(C)C)CC2.CC(C)(C)CC[C@H](c1ccc(C(=O)O)cc1)N1C(=O)C(C2CC2)=NC12CCC(C(C)(C)C)CC2.CC(C)(C)OC(=O)CCN.Cl. The Morgan fingerprint density at radius 1 is 0.557 bits per heavy atom. The predicted octanol–water partition coefficient (Wildman–Crippen LogP) is 15.6. The van der Waals surface area contributed by atoms with Crippen molar-refractivity contribution in [2.75, 3.05) is 13.1 Å². The number of nitrogens with one attached hydrogen (secondary N) is 1. The summed E-state index contributed by atoms with van der Waals surface area (Å²) in [4.78, 5) is 90.2. The zero-order valence-electron chi connectivity index (χ0n) is 57.2. The van der Waals surface area contributed by atoms with E-state index in [9.17, 15) is 33.9 Å². The van der Waals surface area contributed by atoms with E-state index < -0.39 is 22.9 Å². The zero-order valence-corrected chi connectivity index (χ0v) is 58.0. The molecule has 0 saturated heterocycles. The minimum Gasteiger partial charge on any atom is -0.478 e. The Morgan fingerprint density at radius 3 is 1.19 bits per heavy atom. The molecule has 4 saturated carbocycles. The van der Waals surface area contributed by atoms with Crippen molar-refractivity contribution >= 4 is 59.5 Å². The number of esters is 2. The number of carboxylic acid groups (broad SMARTS) is 1. The van der Waals surface area contributed by atoms with E-state index in [1.54, 1.807) is 12.1 Å². The Kier molecular flexibility index (Phi) is 24.2. The maximum atomic E-state index is 14.2. The number of carbonyl (C=O) groups excluding carboxylic acids is 5. The monoisotopic (exact) mass is 1240 g/mol. The zero-order chi connectivity index (χ0) is 64.9. The third kappa shape index (κ3) is 20.7. The quantitative estimate of drug-likeness (QED) is 0.128. The van der Waals surface area contributed by atoms with Crippen molar-refractivity contribution in [2.24, 2.45) is 61.1 Å². The highest BCUT2D eigenvalue weighted by atomic mass is 35.5. The molecular formula is C72H113ClN6O9. The lowest BCUT2D eigenvalue weighted by Crippen LogP contribution is -2.51. The van der Waals surface area contributed by atoms with Crippen LogP contribution in [0.15, 0.2) is 58.5 Å². The number of halogens is 1. The van der Waals surface area contributed by atoms with E-state index >= 15 is 0 Å². The standard InChI is InChI=1S/C36H55N3O4.C29H42N2O3.C7H15NO2.ClH/c1-33(2,3)20-18-28(24-10-14-26(15-11-24)31(41)37-23-19-29(40)43-35(7,8)9)39-32(42)30(25-12-13-25)38-36(39)21-16-27(17-22-36)34(4,5)6;1-27(2,3)16-15-23(19-7-11-21(12-8-19)26(33)34)31-25(32)24(20-9-10-20)30-29(31)17-13-22(14-18-29)28(4,5)6;1-7(2,3)10-6(9)4-5-8;/h10-11,14-15,25,27-28H,12-13,16-23H2,1-9H3,(H,37,41);7-8,11-12,20,22-23H,9-10,13-18H2,1-6H3,(H,33,34);4-5,8H2,1-3H3;1H/t27?,28-,36?;22?,23-,29?;;/m11../s1. The van der Waals surface area contributed by atoms with Crippen LogP contribution in [0.25, 0.3) is 0 Å². The Morgan fingerprint density at radius 2 is 0.898 bits per heavy atom. The van der Waals surface area contributed by atoms with Crippen LogP contribution < -0.4 is 11.1 Å². The normalized spacial score (nSPS) is 23.2. The third-order valence-corrected chi connectivity index (χ3v) is 18.2. The summed E-state index contributed by atoms with van der Waals surface area (Å²) >= 11 is 0. The summed E-state index contributed by atoms with van der Waals surface area (Å²) in [5.74, 6) is 0.429. The molecule has 4 fully saturated rings. The van der Waals surface area contributed by atoms with Crippen molar-refractivity contribution in [3.8, 4) is 0 Å². The van der Waals surface area contributed by atoms with Gasteiger partial charge in [0.15, 0.2) is 0 Å². The van der Waals surface area contributed by atoms with Gasteiger partial charge in [0.1, 0.15) is 34.0 Å². The van der Waals surface area contributed by atoms with E-state index in [2.05, 4.69) is 98.2 Å². The summed E-state index contributed by atoms with van der Waals surface area (Å²) < 4.78 is 10.3. The van der Waals surface area contributed by atoms with Gasteiger partial charge in [0.2, 0.25) is 0 Å². The Hall–Kier alpha value is -5.15. The van der Waals surface area contributed by atoms with Crippen LogP contribution in [0, 0.1) is 45.3 Å². The van der Waals surface area contributed by atoms with Crippen molar-refractivity contribution in [1.29, 1.82) is 0 Å². The number of hydrogen-bond donors (Lipinski definition) is 3. The molecule has 16 heteroatoms. The molecule has 2 heterocycles. The van der Waals surface area contributed by atoms with Crippen LogP contribution in [0.1, 0.15) is 284 Å². The van der Waals surface area contributed by atoms with E-state index in [1.165, 1.54) is 0 Å². The van der Waals surface area contributed by atoms with Crippen molar-refractivity contribution in [1.82, 2.24) is 15.1 Å². The number of aromatic carboxylic acids is 1. The number of hydrogen-bond acceptors (Lipinski definition) is 11. The molecule has 0 radical (unpaired) electrons. The molecule has 0 unspecified atom stereocenters. The van der Waals surface area contributed by atoms with Gasteiger partial charge < -0.3 is 35.4 Å².